The molecule has 1 atom stereocenters. The van der Waals surface area contributed by atoms with Crippen LogP contribution in [0.15, 0.2) is 51.8 Å². The normalized spacial score (nSPS) is 12.7. The van der Waals surface area contributed by atoms with Crippen LogP contribution in [0.2, 0.25) is 10.0 Å². The minimum atomic E-state index is -3.82. The van der Waals surface area contributed by atoms with Crippen molar-refractivity contribution in [3.63, 3.8) is 0 Å². The van der Waals surface area contributed by atoms with Crippen molar-refractivity contribution in [3.05, 3.63) is 57.0 Å². The van der Waals surface area contributed by atoms with Crippen molar-refractivity contribution in [3.8, 4) is 0 Å². The van der Waals surface area contributed by atoms with Crippen molar-refractivity contribution >= 4 is 60.7 Å². The standard InChI is InChI=1S/C15H13BrCl2N2O3S/c1-9(15(21)19-14-8-11(17)4-7-13(14)18)20-24(22,23)12-5-2-10(16)3-6-12/h2-9,20H,1H3,(H,19,21)/t9-/m1/s1. The lowest BCUT2D eigenvalue weighted by atomic mass is 10.3. The van der Waals surface area contributed by atoms with Crippen molar-refractivity contribution in [2.75, 3.05) is 5.32 Å². The molecule has 2 aromatic carbocycles. The van der Waals surface area contributed by atoms with Gasteiger partial charge in [-0.25, -0.2) is 8.42 Å². The number of amides is 1. The van der Waals surface area contributed by atoms with Gasteiger partial charge in [0.1, 0.15) is 0 Å². The first-order chi connectivity index (χ1) is 11.2. The van der Waals surface area contributed by atoms with Gasteiger partial charge in [0.15, 0.2) is 0 Å². The maximum absolute atomic E-state index is 12.3. The summed E-state index contributed by atoms with van der Waals surface area (Å²) >= 11 is 15.1. The molecule has 0 aliphatic heterocycles. The highest BCUT2D eigenvalue weighted by Crippen LogP contribution is 2.25. The van der Waals surface area contributed by atoms with Crippen LogP contribution in [0.1, 0.15) is 6.92 Å². The molecule has 0 aromatic heterocycles. The Morgan fingerprint density at radius 2 is 1.75 bits per heavy atom. The van der Waals surface area contributed by atoms with E-state index < -0.39 is 22.0 Å². The Hall–Kier alpha value is -1.12. The average Bonchev–Trinajstić information content (AvgIpc) is 2.51. The summed E-state index contributed by atoms with van der Waals surface area (Å²) in [5, 5.41) is 3.25. The molecule has 0 fully saturated rings. The second kappa shape index (κ2) is 7.84. The SMILES string of the molecule is C[C@@H](NS(=O)(=O)c1ccc(Br)cc1)C(=O)Nc1cc(Cl)ccc1Cl. The van der Waals surface area contributed by atoms with Crippen LogP contribution in [0.25, 0.3) is 0 Å². The molecule has 2 rings (SSSR count). The van der Waals surface area contributed by atoms with Crippen molar-refractivity contribution < 1.29 is 13.2 Å². The third kappa shape index (κ3) is 4.94. The smallest absolute Gasteiger partial charge is 0.242 e. The van der Waals surface area contributed by atoms with Gasteiger partial charge in [0, 0.05) is 9.50 Å². The highest BCUT2D eigenvalue weighted by Gasteiger charge is 2.22. The quantitative estimate of drug-likeness (QED) is 0.719. The Bertz CT molecular complexity index is 858. The molecule has 0 aliphatic rings. The number of sulfonamides is 1. The van der Waals surface area contributed by atoms with E-state index in [1.165, 1.54) is 31.2 Å². The molecule has 0 bridgehead atoms. The molecular formula is C15H13BrCl2N2O3S. The summed E-state index contributed by atoms with van der Waals surface area (Å²) in [4.78, 5) is 12.3. The van der Waals surface area contributed by atoms with E-state index in [4.69, 9.17) is 23.2 Å². The fourth-order valence-electron chi connectivity index (χ4n) is 1.80. The van der Waals surface area contributed by atoms with E-state index >= 15 is 0 Å². The van der Waals surface area contributed by atoms with Gasteiger partial charge in [0.2, 0.25) is 15.9 Å². The fourth-order valence-corrected chi connectivity index (χ4v) is 3.61. The topological polar surface area (TPSA) is 75.3 Å². The van der Waals surface area contributed by atoms with E-state index in [-0.39, 0.29) is 4.90 Å². The molecule has 0 saturated heterocycles. The second-order valence-corrected chi connectivity index (χ2v) is 8.38. The van der Waals surface area contributed by atoms with Crippen LogP contribution >= 0.6 is 39.1 Å². The molecule has 0 saturated carbocycles. The van der Waals surface area contributed by atoms with Crippen LogP contribution in [0.5, 0.6) is 0 Å². The number of carbonyl (C=O) groups excluding carboxylic acids is 1. The summed E-state index contributed by atoms with van der Waals surface area (Å²) in [6.07, 6.45) is 0. The van der Waals surface area contributed by atoms with Crippen molar-refractivity contribution in [2.45, 2.75) is 17.9 Å². The summed E-state index contributed by atoms with van der Waals surface area (Å²) in [6.45, 7) is 1.43. The highest BCUT2D eigenvalue weighted by atomic mass is 79.9. The van der Waals surface area contributed by atoms with Gasteiger partial charge in [0.05, 0.1) is 21.6 Å². The monoisotopic (exact) mass is 450 g/mol. The molecule has 0 aliphatic carbocycles. The highest BCUT2D eigenvalue weighted by molar-refractivity contribution is 9.10. The average molecular weight is 452 g/mol. The van der Waals surface area contributed by atoms with Crippen molar-refractivity contribution in [2.24, 2.45) is 0 Å². The summed E-state index contributed by atoms with van der Waals surface area (Å²) in [7, 11) is -3.82. The first-order valence-electron chi connectivity index (χ1n) is 6.73. The van der Waals surface area contributed by atoms with E-state index in [1.807, 2.05) is 0 Å². The summed E-state index contributed by atoms with van der Waals surface area (Å²) in [5.74, 6) is -0.556. The molecule has 0 unspecified atom stereocenters. The molecule has 5 nitrogen and oxygen atoms in total. The van der Waals surface area contributed by atoms with Gasteiger partial charge >= 0.3 is 0 Å². The first kappa shape index (κ1) is 19.2. The Morgan fingerprint density at radius 3 is 2.38 bits per heavy atom. The predicted octanol–water partition coefficient (Wildman–Crippen LogP) is 4.06. The lowest BCUT2D eigenvalue weighted by molar-refractivity contribution is -0.117. The third-order valence-electron chi connectivity index (χ3n) is 3.04. The largest absolute Gasteiger partial charge is 0.323 e. The first-order valence-corrected chi connectivity index (χ1v) is 9.76. The van der Waals surface area contributed by atoms with Gasteiger partial charge in [-0.3, -0.25) is 4.79 Å². The zero-order valence-corrected chi connectivity index (χ0v) is 16.3. The Balaban J connectivity index is 2.10. The van der Waals surface area contributed by atoms with Gasteiger partial charge < -0.3 is 5.32 Å². The van der Waals surface area contributed by atoms with Crippen LogP contribution in [-0.2, 0) is 14.8 Å². The lowest BCUT2D eigenvalue weighted by Crippen LogP contribution is -2.41. The van der Waals surface area contributed by atoms with Gasteiger partial charge in [-0.2, -0.15) is 4.72 Å². The zero-order chi connectivity index (χ0) is 17.9. The summed E-state index contributed by atoms with van der Waals surface area (Å²) in [6, 6.07) is 9.67. The fraction of sp³-hybridized carbons (Fsp3) is 0.133. The van der Waals surface area contributed by atoms with Crippen molar-refractivity contribution in [1.82, 2.24) is 4.72 Å². The molecule has 128 valence electrons. The number of hydrogen-bond donors (Lipinski definition) is 2. The molecule has 0 spiro atoms. The molecule has 2 aromatic rings. The number of benzene rings is 2. The van der Waals surface area contributed by atoms with E-state index in [1.54, 1.807) is 18.2 Å². The van der Waals surface area contributed by atoms with Crippen LogP contribution in [-0.4, -0.2) is 20.4 Å². The molecule has 24 heavy (non-hydrogen) atoms. The molecule has 0 radical (unpaired) electrons. The van der Waals surface area contributed by atoms with Gasteiger partial charge in [-0.05, 0) is 49.4 Å². The van der Waals surface area contributed by atoms with E-state index in [2.05, 4.69) is 26.0 Å². The molecule has 1 amide bonds. The minimum Gasteiger partial charge on any atom is -0.323 e. The Kier molecular flexibility index (Phi) is 6.28. The molecule has 0 heterocycles. The van der Waals surface area contributed by atoms with E-state index in [0.29, 0.717) is 15.7 Å². The number of halogens is 3. The van der Waals surface area contributed by atoms with E-state index in [9.17, 15) is 13.2 Å². The number of rotatable bonds is 5. The molecular weight excluding hydrogens is 439 g/mol. The number of carbonyl (C=O) groups is 1. The minimum absolute atomic E-state index is 0.0612. The van der Waals surface area contributed by atoms with Crippen LogP contribution < -0.4 is 10.0 Å². The van der Waals surface area contributed by atoms with Gasteiger partial charge in [-0.1, -0.05) is 39.1 Å². The van der Waals surface area contributed by atoms with Crippen LogP contribution in [0.3, 0.4) is 0 Å². The van der Waals surface area contributed by atoms with Gasteiger partial charge in [0.25, 0.3) is 0 Å². The lowest BCUT2D eigenvalue weighted by Gasteiger charge is -2.15. The Morgan fingerprint density at radius 1 is 1.12 bits per heavy atom. The van der Waals surface area contributed by atoms with Crippen LogP contribution in [0.4, 0.5) is 5.69 Å². The third-order valence-corrected chi connectivity index (χ3v) is 5.69. The van der Waals surface area contributed by atoms with Gasteiger partial charge in [-0.15, -0.1) is 0 Å². The molecule has 9 heteroatoms. The zero-order valence-electron chi connectivity index (χ0n) is 12.4. The number of anilines is 1. The Labute approximate surface area is 158 Å². The van der Waals surface area contributed by atoms with E-state index in [0.717, 1.165) is 4.47 Å². The second-order valence-electron chi connectivity index (χ2n) is 4.91. The van der Waals surface area contributed by atoms with Crippen molar-refractivity contribution in [1.29, 1.82) is 0 Å². The predicted molar refractivity (Wildman–Crippen MR) is 99.0 cm³/mol. The number of hydrogen-bond acceptors (Lipinski definition) is 3. The number of nitrogens with one attached hydrogen (secondary N) is 2. The molecule has 2 N–H and O–H groups in total. The summed E-state index contributed by atoms with van der Waals surface area (Å²) in [5.41, 5.74) is 0.309. The summed E-state index contributed by atoms with van der Waals surface area (Å²) < 4.78 is 27.6. The van der Waals surface area contributed by atoms with Crippen LogP contribution in [0, 0.1) is 0 Å². The maximum atomic E-state index is 12.3. The maximum Gasteiger partial charge on any atom is 0.242 e.